The average Bonchev–Trinajstić information content (AvgIpc) is 3.37. The number of hydrogen-bond acceptors (Lipinski definition) is 4. The highest BCUT2D eigenvalue weighted by atomic mass is 16.2. The number of rotatable bonds is 4. The monoisotopic (exact) mass is 482 g/mol. The lowest BCUT2D eigenvalue weighted by atomic mass is 9.44. The van der Waals surface area contributed by atoms with Crippen molar-refractivity contribution in [2.45, 2.75) is 111 Å². The molecule has 1 heterocycles. The molecule has 8 unspecified atom stereocenters. The van der Waals surface area contributed by atoms with Gasteiger partial charge in [-0.25, -0.2) is 0 Å². The van der Waals surface area contributed by atoms with Crippen molar-refractivity contribution < 1.29 is 9.59 Å². The van der Waals surface area contributed by atoms with Gasteiger partial charge in [0.25, 0.3) is 5.91 Å². The van der Waals surface area contributed by atoms with Crippen LogP contribution in [-0.4, -0.2) is 32.2 Å². The number of Topliss-reactive ketones (excluding diaryl/α,β-unsaturated/α-hetero) is 1. The SMILES string of the molecule is CC1CCC2(C)C(CCC3C2CCC2(C)C(C(=O)Cn4ncc(C(=O)NC(C)(C)C)n4)CCC32)C1. The minimum absolute atomic E-state index is 0.0863. The summed E-state index contributed by atoms with van der Waals surface area (Å²) in [4.78, 5) is 27.4. The van der Waals surface area contributed by atoms with Gasteiger partial charge in [0.05, 0.1) is 6.20 Å². The van der Waals surface area contributed by atoms with Gasteiger partial charge in [0.2, 0.25) is 0 Å². The first-order valence-electron chi connectivity index (χ1n) is 14.2. The van der Waals surface area contributed by atoms with Crippen LogP contribution in [0.3, 0.4) is 0 Å². The molecule has 4 fully saturated rings. The summed E-state index contributed by atoms with van der Waals surface area (Å²) in [6.45, 7) is 13.5. The molecule has 0 radical (unpaired) electrons. The zero-order valence-electron chi connectivity index (χ0n) is 22.8. The highest BCUT2D eigenvalue weighted by molar-refractivity contribution is 5.92. The van der Waals surface area contributed by atoms with Crippen molar-refractivity contribution in [3.05, 3.63) is 11.9 Å². The summed E-state index contributed by atoms with van der Waals surface area (Å²) < 4.78 is 0. The van der Waals surface area contributed by atoms with Gasteiger partial charge in [-0.05, 0) is 113 Å². The molecular formula is C29H46N4O2. The summed E-state index contributed by atoms with van der Waals surface area (Å²) >= 11 is 0. The van der Waals surface area contributed by atoms with E-state index in [0.717, 1.165) is 30.1 Å². The molecule has 1 N–H and O–H groups in total. The zero-order valence-corrected chi connectivity index (χ0v) is 22.8. The first-order valence-corrected chi connectivity index (χ1v) is 14.2. The van der Waals surface area contributed by atoms with E-state index >= 15 is 0 Å². The molecule has 0 bridgehead atoms. The Hall–Kier alpha value is -1.72. The number of aromatic nitrogens is 3. The Balaban J connectivity index is 1.27. The second kappa shape index (κ2) is 8.69. The molecule has 6 nitrogen and oxygen atoms in total. The predicted octanol–water partition coefficient (Wildman–Crippen LogP) is 5.67. The van der Waals surface area contributed by atoms with E-state index in [-0.39, 0.29) is 40.8 Å². The van der Waals surface area contributed by atoms with Crippen molar-refractivity contribution in [3.8, 4) is 0 Å². The van der Waals surface area contributed by atoms with Gasteiger partial charge in [0.15, 0.2) is 11.5 Å². The van der Waals surface area contributed by atoms with E-state index in [1.54, 1.807) is 0 Å². The fourth-order valence-corrected chi connectivity index (χ4v) is 9.13. The maximum atomic E-state index is 13.6. The lowest BCUT2D eigenvalue weighted by Gasteiger charge is -2.61. The smallest absolute Gasteiger partial charge is 0.273 e. The van der Waals surface area contributed by atoms with Crippen molar-refractivity contribution >= 4 is 11.7 Å². The third-order valence-corrected chi connectivity index (χ3v) is 10.9. The van der Waals surface area contributed by atoms with Gasteiger partial charge >= 0.3 is 0 Å². The maximum absolute atomic E-state index is 13.6. The van der Waals surface area contributed by atoms with E-state index in [1.165, 1.54) is 62.4 Å². The molecule has 194 valence electrons. The number of carbonyl (C=O) groups is 2. The summed E-state index contributed by atoms with van der Waals surface area (Å²) in [7, 11) is 0. The second-order valence-corrected chi connectivity index (χ2v) is 14.1. The summed E-state index contributed by atoms with van der Waals surface area (Å²) in [5.41, 5.74) is 0.551. The Bertz CT molecular complexity index is 980. The third kappa shape index (κ3) is 4.37. The van der Waals surface area contributed by atoms with Gasteiger partial charge < -0.3 is 5.32 Å². The molecule has 4 aliphatic carbocycles. The van der Waals surface area contributed by atoms with Gasteiger partial charge in [-0.2, -0.15) is 9.90 Å². The fraction of sp³-hybridized carbons (Fsp3) is 0.862. The van der Waals surface area contributed by atoms with Crippen molar-refractivity contribution in [2.75, 3.05) is 0 Å². The molecule has 35 heavy (non-hydrogen) atoms. The Kier molecular flexibility index (Phi) is 6.20. The van der Waals surface area contributed by atoms with Crippen molar-refractivity contribution in [1.29, 1.82) is 0 Å². The highest BCUT2D eigenvalue weighted by Crippen LogP contribution is 2.67. The number of nitrogens with one attached hydrogen (secondary N) is 1. The molecule has 1 aromatic heterocycles. The van der Waals surface area contributed by atoms with E-state index in [2.05, 4.69) is 36.3 Å². The quantitative estimate of drug-likeness (QED) is 0.600. The molecule has 6 heteroatoms. The Morgan fingerprint density at radius 3 is 2.49 bits per heavy atom. The lowest BCUT2D eigenvalue weighted by molar-refractivity contribution is -0.137. The standard InChI is InChI=1S/C29H46N4O2/c1-18-11-13-28(5)19(15-18)7-8-20-21-9-10-23(29(21,6)14-12-22(20)28)25(34)17-33-30-16-24(32-33)26(35)31-27(2,3)4/h16,18-23H,7-15,17H2,1-6H3,(H,31,35). The van der Waals surface area contributed by atoms with Crippen LogP contribution in [0, 0.1) is 46.3 Å². The molecule has 4 aliphatic rings. The van der Waals surface area contributed by atoms with Gasteiger partial charge in [0.1, 0.15) is 6.54 Å². The van der Waals surface area contributed by atoms with Crippen LogP contribution in [0.25, 0.3) is 0 Å². The number of fused-ring (bicyclic) bond motifs is 5. The van der Waals surface area contributed by atoms with Gasteiger partial charge in [-0.1, -0.05) is 27.2 Å². The fourth-order valence-electron chi connectivity index (χ4n) is 9.13. The number of amides is 1. The predicted molar refractivity (Wildman–Crippen MR) is 137 cm³/mol. The summed E-state index contributed by atoms with van der Waals surface area (Å²) in [5.74, 6) is 4.19. The molecule has 5 rings (SSSR count). The Morgan fingerprint density at radius 1 is 1.03 bits per heavy atom. The van der Waals surface area contributed by atoms with Crippen LogP contribution in [0.5, 0.6) is 0 Å². The van der Waals surface area contributed by atoms with E-state index in [9.17, 15) is 9.59 Å². The average molecular weight is 483 g/mol. The number of ketones is 1. The molecule has 0 saturated heterocycles. The van der Waals surface area contributed by atoms with Gasteiger partial charge in [-0.15, -0.1) is 5.10 Å². The number of hydrogen-bond donors (Lipinski definition) is 1. The number of nitrogens with zero attached hydrogens (tertiary/aromatic N) is 3. The van der Waals surface area contributed by atoms with Crippen molar-refractivity contribution in [3.63, 3.8) is 0 Å². The Labute approximate surface area is 211 Å². The first-order chi connectivity index (χ1) is 16.4. The minimum Gasteiger partial charge on any atom is -0.346 e. The topological polar surface area (TPSA) is 76.9 Å². The largest absolute Gasteiger partial charge is 0.346 e. The van der Waals surface area contributed by atoms with Crippen LogP contribution in [-0.2, 0) is 11.3 Å². The lowest BCUT2D eigenvalue weighted by Crippen LogP contribution is -2.53. The van der Waals surface area contributed by atoms with E-state index < -0.39 is 0 Å². The normalized spacial score (nSPS) is 41.0. The van der Waals surface area contributed by atoms with Crippen LogP contribution in [0.4, 0.5) is 0 Å². The molecular weight excluding hydrogens is 436 g/mol. The van der Waals surface area contributed by atoms with Crippen LogP contribution in [0.1, 0.15) is 110 Å². The minimum atomic E-state index is -0.338. The molecule has 1 aromatic rings. The van der Waals surface area contributed by atoms with Crippen LogP contribution in [0.15, 0.2) is 6.20 Å². The van der Waals surface area contributed by atoms with Crippen molar-refractivity contribution in [2.24, 2.45) is 46.3 Å². The van der Waals surface area contributed by atoms with Crippen LogP contribution < -0.4 is 5.32 Å². The van der Waals surface area contributed by atoms with E-state index in [0.29, 0.717) is 11.3 Å². The maximum Gasteiger partial charge on any atom is 0.273 e. The molecule has 0 spiro atoms. The summed E-state index contributed by atoms with van der Waals surface area (Å²) in [5, 5.41) is 11.5. The first kappa shape index (κ1) is 25.0. The summed E-state index contributed by atoms with van der Waals surface area (Å²) in [6.07, 6.45) is 13.1. The molecule has 0 aliphatic heterocycles. The van der Waals surface area contributed by atoms with Crippen LogP contribution >= 0.6 is 0 Å². The van der Waals surface area contributed by atoms with Gasteiger partial charge in [-0.3, -0.25) is 9.59 Å². The number of carbonyl (C=O) groups excluding carboxylic acids is 2. The second-order valence-electron chi connectivity index (χ2n) is 14.1. The molecule has 0 aromatic carbocycles. The van der Waals surface area contributed by atoms with Crippen LogP contribution in [0.2, 0.25) is 0 Å². The Morgan fingerprint density at radius 2 is 1.74 bits per heavy atom. The molecule has 1 amide bonds. The zero-order chi connectivity index (χ0) is 25.2. The highest BCUT2D eigenvalue weighted by Gasteiger charge is 2.60. The molecule has 4 saturated carbocycles. The van der Waals surface area contributed by atoms with E-state index in [1.807, 2.05) is 20.8 Å². The van der Waals surface area contributed by atoms with Crippen molar-refractivity contribution in [1.82, 2.24) is 20.3 Å². The summed E-state index contributed by atoms with van der Waals surface area (Å²) in [6, 6.07) is 0. The molecule has 8 atom stereocenters. The third-order valence-electron chi connectivity index (χ3n) is 10.9. The van der Waals surface area contributed by atoms with E-state index in [4.69, 9.17) is 0 Å². The van der Waals surface area contributed by atoms with Gasteiger partial charge in [0, 0.05) is 11.5 Å².